The third-order valence-corrected chi connectivity index (χ3v) is 3.52. The van der Waals surface area contributed by atoms with E-state index in [9.17, 15) is 10.1 Å². The van der Waals surface area contributed by atoms with Crippen LogP contribution < -0.4 is 10.5 Å². The third kappa shape index (κ3) is 2.73. The van der Waals surface area contributed by atoms with Gasteiger partial charge >= 0.3 is 5.69 Å². The summed E-state index contributed by atoms with van der Waals surface area (Å²) in [7, 11) is 0. The molecule has 1 aliphatic carbocycles. The van der Waals surface area contributed by atoms with Gasteiger partial charge in [-0.15, -0.1) is 0 Å². The maximum absolute atomic E-state index is 10.9. The third-order valence-electron chi connectivity index (χ3n) is 3.29. The molecule has 0 spiro atoms. The number of rotatable bonds is 4. The second-order valence-electron chi connectivity index (χ2n) is 4.45. The van der Waals surface area contributed by atoms with Gasteiger partial charge in [0.1, 0.15) is 6.10 Å². The van der Waals surface area contributed by atoms with Crippen molar-refractivity contribution < 1.29 is 9.66 Å². The molecule has 1 aromatic rings. The van der Waals surface area contributed by atoms with Gasteiger partial charge in [-0.2, -0.15) is 0 Å². The van der Waals surface area contributed by atoms with Crippen molar-refractivity contribution in [2.75, 3.05) is 6.54 Å². The van der Waals surface area contributed by atoms with Crippen molar-refractivity contribution in [3.8, 4) is 5.75 Å². The Kier molecular flexibility index (Phi) is 4.04. The molecule has 0 radical (unpaired) electrons. The zero-order valence-electron chi connectivity index (χ0n) is 9.84. The fourth-order valence-corrected chi connectivity index (χ4v) is 2.49. The summed E-state index contributed by atoms with van der Waals surface area (Å²) >= 11 is 5.75. The molecular formula is C12H15ClN2O3. The van der Waals surface area contributed by atoms with Crippen LogP contribution in [0.25, 0.3) is 0 Å². The molecule has 0 aliphatic heterocycles. The van der Waals surface area contributed by atoms with E-state index >= 15 is 0 Å². The van der Waals surface area contributed by atoms with Crippen molar-refractivity contribution in [2.45, 2.75) is 25.4 Å². The van der Waals surface area contributed by atoms with Crippen LogP contribution in [0.4, 0.5) is 5.69 Å². The van der Waals surface area contributed by atoms with Crippen LogP contribution in [0.3, 0.4) is 0 Å². The number of hydrogen-bond donors (Lipinski definition) is 1. The van der Waals surface area contributed by atoms with Gasteiger partial charge in [0, 0.05) is 17.0 Å². The number of ether oxygens (including phenoxy) is 1. The Balaban J connectivity index is 2.20. The number of benzene rings is 1. The number of nitro groups is 1. The van der Waals surface area contributed by atoms with Crippen LogP contribution in [0.15, 0.2) is 18.2 Å². The average molecular weight is 271 g/mol. The van der Waals surface area contributed by atoms with Crippen LogP contribution in [-0.2, 0) is 0 Å². The maximum Gasteiger partial charge on any atom is 0.312 e. The predicted octanol–water partition coefficient (Wildman–Crippen LogP) is 2.75. The van der Waals surface area contributed by atoms with Gasteiger partial charge in [0.15, 0.2) is 5.75 Å². The molecule has 2 unspecified atom stereocenters. The first-order chi connectivity index (χ1) is 8.61. The Morgan fingerprint density at radius 2 is 2.28 bits per heavy atom. The first-order valence-corrected chi connectivity index (χ1v) is 6.30. The molecule has 6 heteroatoms. The van der Waals surface area contributed by atoms with Crippen LogP contribution in [0, 0.1) is 16.0 Å². The molecule has 2 atom stereocenters. The van der Waals surface area contributed by atoms with E-state index in [0.717, 1.165) is 19.3 Å². The van der Waals surface area contributed by atoms with Crippen molar-refractivity contribution in [1.82, 2.24) is 0 Å². The van der Waals surface area contributed by atoms with E-state index in [2.05, 4.69) is 0 Å². The van der Waals surface area contributed by atoms with E-state index < -0.39 is 4.92 Å². The minimum absolute atomic E-state index is 0.0325. The van der Waals surface area contributed by atoms with Gasteiger partial charge in [-0.1, -0.05) is 11.6 Å². The van der Waals surface area contributed by atoms with Crippen LogP contribution in [0.2, 0.25) is 5.02 Å². The molecular weight excluding hydrogens is 256 g/mol. The number of nitrogens with zero attached hydrogens (tertiary/aromatic N) is 1. The highest BCUT2D eigenvalue weighted by Gasteiger charge is 2.29. The summed E-state index contributed by atoms with van der Waals surface area (Å²) in [6.45, 7) is 0.548. The monoisotopic (exact) mass is 270 g/mol. The normalized spacial score (nSPS) is 23.0. The summed E-state index contributed by atoms with van der Waals surface area (Å²) in [5.41, 5.74) is 5.57. The summed E-state index contributed by atoms with van der Waals surface area (Å²) in [6, 6.07) is 4.45. The Morgan fingerprint density at radius 1 is 1.50 bits per heavy atom. The average Bonchev–Trinajstić information content (AvgIpc) is 2.78. The van der Waals surface area contributed by atoms with Crippen LogP contribution in [0.1, 0.15) is 19.3 Å². The summed E-state index contributed by atoms with van der Waals surface area (Å²) in [5, 5.41) is 11.3. The second-order valence-corrected chi connectivity index (χ2v) is 4.89. The molecule has 5 nitrogen and oxygen atoms in total. The van der Waals surface area contributed by atoms with E-state index in [4.69, 9.17) is 22.1 Å². The summed E-state index contributed by atoms with van der Waals surface area (Å²) in [4.78, 5) is 10.5. The lowest BCUT2D eigenvalue weighted by molar-refractivity contribution is -0.386. The van der Waals surface area contributed by atoms with Gasteiger partial charge in [-0.05, 0) is 37.9 Å². The van der Waals surface area contributed by atoms with Gasteiger partial charge < -0.3 is 10.5 Å². The topological polar surface area (TPSA) is 78.4 Å². The van der Waals surface area contributed by atoms with Gasteiger partial charge in [0.05, 0.1) is 4.92 Å². The number of nitro benzene ring substituents is 1. The largest absolute Gasteiger partial charge is 0.483 e. The first-order valence-electron chi connectivity index (χ1n) is 5.92. The molecule has 2 rings (SSSR count). The fraction of sp³-hybridized carbons (Fsp3) is 0.500. The highest BCUT2D eigenvalue weighted by atomic mass is 35.5. The van der Waals surface area contributed by atoms with Crippen LogP contribution in [-0.4, -0.2) is 17.6 Å². The molecule has 1 saturated carbocycles. The summed E-state index contributed by atoms with van der Waals surface area (Å²) < 4.78 is 5.75. The van der Waals surface area contributed by atoms with Gasteiger partial charge in [0.2, 0.25) is 0 Å². The van der Waals surface area contributed by atoms with Crippen molar-refractivity contribution in [1.29, 1.82) is 0 Å². The smallest absolute Gasteiger partial charge is 0.312 e. The minimum atomic E-state index is -0.479. The van der Waals surface area contributed by atoms with E-state index in [1.807, 2.05) is 0 Å². The van der Waals surface area contributed by atoms with Crippen LogP contribution in [0.5, 0.6) is 5.75 Å². The summed E-state index contributed by atoms with van der Waals surface area (Å²) in [5.74, 6) is 0.551. The van der Waals surface area contributed by atoms with Crippen molar-refractivity contribution >= 4 is 17.3 Å². The quantitative estimate of drug-likeness (QED) is 0.674. The molecule has 2 N–H and O–H groups in total. The number of hydrogen-bond acceptors (Lipinski definition) is 4. The van der Waals surface area contributed by atoms with Gasteiger partial charge in [-0.25, -0.2) is 0 Å². The maximum atomic E-state index is 10.9. The van der Waals surface area contributed by atoms with Gasteiger partial charge in [-0.3, -0.25) is 10.1 Å². The lowest BCUT2D eigenvalue weighted by atomic mass is 10.1. The molecule has 0 amide bonds. The highest BCUT2D eigenvalue weighted by molar-refractivity contribution is 6.30. The first kappa shape index (κ1) is 13.1. The Hall–Kier alpha value is -1.33. The Bertz CT molecular complexity index is 453. The Morgan fingerprint density at radius 3 is 2.94 bits per heavy atom. The van der Waals surface area contributed by atoms with Crippen LogP contribution >= 0.6 is 11.6 Å². The lowest BCUT2D eigenvalue weighted by Crippen LogP contribution is -2.27. The lowest BCUT2D eigenvalue weighted by Gasteiger charge is -2.19. The minimum Gasteiger partial charge on any atom is -0.483 e. The highest BCUT2D eigenvalue weighted by Crippen LogP contribution is 2.35. The van der Waals surface area contributed by atoms with E-state index in [-0.39, 0.29) is 23.5 Å². The molecule has 1 fully saturated rings. The molecule has 98 valence electrons. The van der Waals surface area contributed by atoms with E-state index in [1.54, 1.807) is 12.1 Å². The standard InChI is InChI=1S/C12H15ClN2O3/c13-9-4-5-12(10(6-9)15(16)17)18-11-3-1-2-8(11)7-14/h4-6,8,11H,1-3,7,14H2. The molecule has 0 bridgehead atoms. The molecule has 1 aromatic carbocycles. The molecule has 0 saturated heterocycles. The number of nitrogens with two attached hydrogens (primary N) is 1. The zero-order chi connectivity index (χ0) is 13.1. The van der Waals surface area contributed by atoms with Crippen molar-refractivity contribution in [3.63, 3.8) is 0 Å². The molecule has 1 aliphatic rings. The van der Waals surface area contributed by atoms with E-state index in [1.165, 1.54) is 6.07 Å². The second kappa shape index (κ2) is 5.54. The number of halogens is 1. The van der Waals surface area contributed by atoms with Gasteiger partial charge in [0.25, 0.3) is 0 Å². The van der Waals surface area contributed by atoms with Crippen molar-refractivity contribution in [3.05, 3.63) is 33.3 Å². The van der Waals surface area contributed by atoms with Crippen molar-refractivity contribution in [2.24, 2.45) is 11.7 Å². The summed E-state index contributed by atoms with van der Waals surface area (Å²) in [6.07, 6.45) is 2.92. The fourth-order valence-electron chi connectivity index (χ4n) is 2.32. The molecule has 0 heterocycles. The zero-order valence-corrected chi connectivity index (χ0v) is 10.6. The Labute approximate surface area is 110 Å². The molecule has 0 aromatic heterocycles. The predicted molar refractivity (Wildman–Crippen MR) is 68.9 cm³/mol. The molecule has 18 heavy (non-hydrogen) atoms. The SMILES string of the molecule is NCC1CCCC1Oc1ccc(Cl)cc1[N+](=O)[O-]. The van der Waals surface area contributed by atoms with E-state index in [0.29, 0.717) is 11.6 Å².